The second kappa shape index (κ2) is 13.1. The smallest absolute Gasteiger partial charge is 0.161 e. The monoisotopic (exact) mass is 756 g/mol. The van der Waals surface area contributed by atoms with E-state index >= 15 is 0 Å². The normalized spacial score (nSPS) is 11.8. The Hall–Kier alpha value is -7.40. The number of hydrogen-bond donors (Lipinski definition) is 0. The molecule has 270 valence electrons. The number of furan rings is 1. The zero-order valence-electron chi connectivity index (χ0n) is 31.2. The SMILES string of the molecule is c1ccc(-c2cc3ccccc3cc2-c2ccc(-c3ccc4c(c3)oc3cccc(-c5nc(-c6ccc7ccccc7c6)c6sc7ccccc7c6n5)c34)cc2)cc1. The highest BCUT2D eigenvalue weighted by Gasteiger charge is 2.20. The van der Waals surface area contributed by atoms with Crippen LogP contribution in [0.5, 0.6) is 0 Å². The van der Waals surface area contributed by atoms with Crippen LogP contribution in [-0.4, -0.2) is 9.97 Å². The molecule has 0 aliphatic carbocycles. The molecule has 12 rings (SSSR count). The molecule has 0 aliphatic rings. The number of rotatable bonds is 5. The summed E-state index contributed by atoms with van der Waals surface area (Å²) in [7, 11) is 0. The van der Waals surface area contributed by atoms with Crippen molar-refractivity contribution < 1.29 is 4.42 Å². The van der Waals surface area contributed by atoms with Crippen LogP contribution >= 0.6 is 11.3 Å². The van der Waals surface area contributed by atoms with Crippen LogP contribution in [-0.2, 0) is 0 Å². The van der Waals surface area contributed by atoms with Gasteiger partial charge >= 0.3 is 0 Å². The van der Waals surface area contributed by atoms with E-state index in [4.69, 9.17) is 14.4 Å². The van der Waals surface area contributed by atoms with Gasteiger partial charge in [0.15, 0.2) is 5.82 Å². The summed E-state index contributed by atoms with van der Waals surface area (Å²) in [5, 5.41) is 8.07. The van der Waals surface area contributed by atoms with Gasteiger partial charge in [-0.15, -0.1) is 11.3 Å². The first kappa shape index (κ1) is 32.8. The molecule has 0 atom stereocenters. The fourth-order valence-electron chi connectivity index (χ4n) is 8.61. The molecule has 9 aromatic carbocycles. The molecular formula is C54H32N2OS. The van der Waals surface area contributed by atoms with Gasteiger partial charge in [-0.1, -0.05) is 152 Å². The van der Waals surface area contributed by atoms with Crippen LogP contribution in [0, 0.1) is 0 Å². The Labute approximate surface area is 338 Å². The molecule has 0 aliphatic heterocycles. The van der Waals surface area contributed by atoms with Gasteiger partial charge in [-0.05, 0) is 97.4 Å². The predicted octanol–water partition coefficient (Wildman–Crippen LogP) is 15.4. The molecule has 0 saturated heterocycles. The largest absolute Gasteiger partial charge is 0.456 e. The minimum atomic E-state index is 0.690. The van der Waals surface area contributed by atoms with E-state index in [1.165, 1.54) is 48.5 Å². The molecule has 0 saturated carbocycles. The summed E-state index contributed by atoms with van der Waals surface area (Å²) in [4.78, 5) is 10.7. The van der Waals surface area contributed by atoms with E-state index in [0.29, 0.717) is 5.82 Å². The molecule has 0 N–H and O–H groups in total. The highest BCUT2D eigenvalue weighted by atomic mass is 32.1. The number of thiophene rings is 1. The number of hydrogen-bond acceptors (Lipinski definition) is 4. The van der Waals surface area contributed by atoms with E-state index < -0.39 is 0 Å². The van der Waals surface area contributed by atoms with Crippen molar-refractivity contribution in [3.05, 3.63) is 194 Å². The van der Waals surface area contributed by atoms with Crippen molar-refractivity contribution in [1.82, 2.24) is 9.97 Å². The summed E-state index contributed by atoms with van der Waals surface area (Å²) in [5.41, 5.74) is 12.7. The van der Waals surface area contributed by atoms with Crippen LogP contribution in [0.4, 0.5) is 0 Å². The van der Waals surface area contributed by atoms with Crippen LogP contribution in [0.15, 0.2) is 199 Å². The van der Waals surface area contributed by atoms with Gasteiger partial charge < -0.3 is 4.42 Å². The van der Waals surface area contributed by atoms with Crippen LogP contribution < -0.4 is 0 Å². The van der Waals surface area contributed by atoms with E-state index in [0.717, 1.165) is 65.5 Å². The molecule has 12 aromatic rings. The number of nitrogens with zero attached hydrogens (tertiary/aromatic N) is 2. The Balaban J connectivity index is 0.970. The van der Waals surface area contributed by atoms with E-state index in [9.17, 15) is 0 Å². The molecule has 3 aromatic heterocycles. The lowest BCUT2D eigenvalue weighted by Crippen LogP contribution is -1.94. The van der Waals surface area contributed by atoms with Crippen LogP contribution in [0.1, 0.15) is 0 Å². The molecule has 3 heterocycles. The van der Waals surface area contributed by atoms with Crippen LogP contribution in [0.3, 0.4) is 0 Å². The van der Waals surface area contributed by atoms with Crippen molar-refractivity contribution in [2.24, 2.45) is 0 Å². The summed E-state index contributed by atoms with van der Waals surface area (Å²) in [5.74, 6) is 0.690. The van der Waals surface area contributed by atoms with Gasteiger partial charge in [0.25, 0.3) is 0 Å². The van der Waals surface area contributed by atoms with Gasteiger partial charge in [0.2, 0.25) is 0 Å². The molecule has 0 spiro atoms. The molecule has 0 amide bonds. The average Bonchev–Trinajstić information content (AvgIpc) is 3.87. The molecule has 0 fully saturated rings. The second-order valence-corrected chi connectivity index (χ2v) is 16.0. The number of aromatic nitrogens is 2. The third-order valence-electron chi connectivity index (χ3n) is 11.5. The molecular weight excluding hydrogens is 725 g/mol. The lowest BCUT2D eigenvalue weighted by molar-refractivity contribution is 0.669. The maximum Gasteiger partial charge on any atom is 0.161 e. The number of fused-ring (bicyclic) bond motifs is 8. The van der Waals surface area contributed by atoms with Gasteiger partial charge in [0.05, 0.1) is 15.9 Å². The van der Waals surface area contributed by atoms with Crippen molar-refractivity contribution in [1.29, 1.82) is 0 Å². The maximum atomic E-state index is 6.63. The quantitative estimate of drug-likeness (QED) is 0.176. The van der Waals surface area contributed by atoms with Crippen LogP contribution in [0.25, 0.3) is 120 Å². The molecule has 3 nitrogen and oxygen atoms in total. The van der Waals surface area contributed by atoms with Crippen molar-refractivity contribution in [2.45, 2.75) is 0 Å². The first-order chi connectivity index (χ1) is 28.7. The summed E-state index contributed by atoms with van der Waals surface area (Å²) in [6.45, 7) is 0. The van der Waals surface area contributed by atoms with E-state index in [1.54, 1.807) is 11.3 Å². The van der Waals surface area contributed by atoms with Gasteiger partial charge in [-0.3, -0.25) is 0 Å². The molecule has 0 radical (unpaired) electrons. The number of benzene rings is 9. The Morgan fingerprint density at radius 3 is 1.81 bits per heavy atom. The summed E-state index contributed by atoms with van der Waals surface area (Å²) >= 11 is 1.76. The summed E-state index contributed by atoms with van der Waals surface area (Å²) in [6.07, 6.45) is 0. The fraction of sp³-hybridized carbons (Fsp3) is 0. The Morgan fingerprint density at radius 1 is 0.379 bits per heavy atom. The van der Waals surface area contributed by atoms with Crippen molar-refractivity contribution in [2.75, 3.05) is 0 Å². The van der Waals surface area contributed by atoms with Crippen molar-refractivity contribution >= 4 is 75.1 Å². The van der Waals surface area contributed by atoms with E-state index in [1.807, 2.05) is 12.1 Å². The highest BCUT2D eigenvalue weighted by Crippen LogP contribution is 2.43. The van der Waals surface area contributed by atoms with Gasteiger partial charge in [-0.25, -0.2) is 9.97 Å². The lowest BCUT2D eigenvalue weighted by Gasteiger charge is -2.13. The Bertz CT molecular complexity index is 3560. The molecule has 0 unspecified atom stereocenters. The first-order valence-corrected chi connectivity index (χ1v) is 20.4. The second-order valence-electron chi connectivity index (χ2n) is 14.9. The van der Waals surface area contributed by atoms with Gasteiger partial charge in [-0.2, -0.15) is 0 Å². The van der Waals surface area contributed by atoms with Gasteiger partial charge in [0, 0.05) is 32.0 Å². The molecule has 4 heteroatoms. The zero-order chi connectivity index (χ0) is 38.2. The lowest BCUT2D eigenvalue weighted by atomic mass is 9.90. The van der Waals surface area contributed by atoms with Crippen molar-refractivity contribution in [3.63, 3.8) is 0 Å². The third kappa shape index (κ3) is 5.34. The standard InChI is InChI=1S/C54H32N2OS/c1-2-12-35(13-3-1)45-30-38-15-6-7-16-39(38)31-46(45)36-24-21-34(22-25-36)40-27-28-42-48(32-40)57-47-19-10-18-44(50(42)47)54-55-51(41-26-23-33-11-4-5-14-37(33)29-41)53-52(56-54)43-17-8-9-20-49(43)58-53/h1-32H. The van der Waals surface area contributed by atoms with E-state index in [2.05, 4.69) is 182 Å². The van der Waals surface area contributed by atoms with E-state index in [-0.39, 0.29) is 0 Å². The highest BCUT2D eigenvalue weighted by molar-refractivity contribution is 7.26. The summed E-state index contributed by atoms with van der Waals surface area (Å²) < 4.78 is 8.92. The molecule has 58 heavy (non-hydrogen) atoms. The van der Waals surface area contributed by atoms with Crippen molar-refractivity contribution in [3.8, 4) is 56.0 Å². The molecule has 0 bridgehead atoms. The Morgan fingerprint density at radius 2 is 1.02 bits per heavy atom. The predicted molar refractivity (Wildman–Crippen MR) is 244 cm³/mol. The van der Waals surface area contributed by atoms with Crippen LogP contribution in [0.2, 0.25) is 0 Å². The third-order valence-corrected chi connectivity index (χ3v) is 12.6. The average molecular weight is 757 g/mol. The Kier molecular flexibility index (Phi) is 7.40. The minimum Gasteiger partial charge on any atom is -0.456 e. The maximum absolute atomic E-state index is 6.63. The summed E-state index contributed by atoms with van der Waals surface area (Å²) in [6, 6.07) is 69.2. The fourth-order valence-corrected chi connectivity index (χ4v) is 9.77. The van der Waals surface area contributed by atoms with Gasteiger partial charge in [0.1, 0.15) is 11.2 Å². The minimum absolute atomic E-state index is 0.690. The zero-order valence-corrected chi connectivity index (χ0v) is 32.0. The topological polar surface area (TPSA) is 38.9 Å². The first-order valence-electron chi connectivity index (χ1n) is 19.5.